The number of carbonyl (C=O) groups is 2. The number of rotatable bonds is 9. The highest BCUT2D eigenvalue weighted by Gasteiger charge is 2.37. The van der Waals surface area contributed by atoms with Gasteiger partial charge in [0.2, 0.25) is 21.8 Å². The zero-order chi connectivity index (χ0) is 24.9. The van der Waals surface area contributed by atoms with Crippen molar-refractivity contribution in [3.63, 3.8) is 0 Å². The van der Waals surface area contributed by atoms with Gasteiger partial charge < -0.3 is 14.4 Å². The van der Waals surface area contributed by atoms with Crippen molar-refractivity contribution >= 4 is 27.7 Å². The van der Waals surface area contributed by atoms with E-state index >= 15 is 0 Å². The maximum atomic E-state index is 13.8. The fraction of sp³-hybridized carbons (Fsp3) is 0.364. The standard InChI is InChI=1S/C22H23FN4O6S/c1-3-32-21-17(22(29)33-4-2)9-15(10-24)19(25-21)27-11-16(12-27)20(28)26-34(30,31)13-14-7-5-6-8-18(14)23/h5-9,16H,3-4,11-13H2,1-2H3,(H,26,28). The first kappa shape index (κ1) is 24.9. The van der Waals surface area contributed by atoms with Gasteiger partial charge in [0.15, 0.2) is 5.82 Å². The van der Waals surface area contributed by atoms with Crippen LogP contribution in [0.3, 0.4) is 0 Å². The molecule has 34 heavy (non-hydrogen) atoms. The molecule has 12 heteroatoms. The summed E-state index contributed by atoms with van der Waals surface area (Å²) in [6.07, 6.45) is 0. The smallest absolute Gasteiger partial charge is 0.343 e. The van der Waals surface area contributed by atoms with Crippen molar-refractivity contribution in [3.05, 3.63) is 52.8 Å². The normalized spacial score (nSPS) is 13.5. The fourth-order valence-corrected chi connectivity index (χ4v) is 4.51. The largest absolute Gasteiger partial charge is 0.477 e. The van der Waals surface area contributed by atoms with Crippen molar-refractivity contribution in [2.24, 2.45) is 5.92 Å². The van der Waals surface area contributed by atoms with Crippen LogP contribution in [0, 0.1) is 23.1 Å². The Morgan fingerprint density at radius 2 is 1.97 bits per heavy atom. The van der Waals surface area contributed by atoms with Crippen molar-refractivity contribution < 1.29 is 31.9 Å². The molecule has 1 amide bonds. The van der Waals surface area contributed by atoms with Crippen LogP contribution in [0.2, 0.25) is 0 Å². The van der Waals surface area contributed by atoms with Crippen LogP contribution in [0.15, 0.2) is 30.3 Å². The number of nitrogens with zero attached hydrogens (tertiary/aromatic N) is 3. The lowest BCUT2D eigenvalue weighted by molar-refractivity contribution is -0.123. The van der Waals surface area contributed by atoms with Gasteiger partial charge in [0, 0.05) is 18.7 Å². The van der Waals surface area contributed by atoms with Crippen molar-refractivity contribution in [2.45, 2.75) is 19.6 Å². The average Bonchev–Trinajstić information content (AvgIpc) is 2.74. The van der Waals surface area contributed by atoms with Crippen LogP contribution >= 0.6 is 0 Å². The van der Waals surface area contributed by atoms with Gasteiger partial charge in [-0.1, -0.05) is 18.2 Å². The number of halogens is 1. The van der Waals surface area contributed by atoms with Crippen LogP contribution in [0.4, 0.5) is 10.2 Å². The number of carbonyl (C=O) groups excluding carboxylic acids is 2. The van der Waals surface area contributed by atoms with E-state index in [0.29, 0.717) is 0 Å². The molecule has 1 N–H and O–H groups in total. The monoisotopic (exact) mass is 490 g/mol. The van der Waals surface area contributed by atoms with E-state index in [4.69, 9.17) is 9.47 Å². The van der Waals surface area contributed by atoms with Gasteiger partial charge in [-0.25, -0.2) is 17.6 Å². The summed E-state index contributed by atoms with van der Waals surface area (Å²) in [6, 6.07) is 8.69. The number of aromatic nitrogens is 1. The van der Waals surface area contributed by atoms with E-state index in [9.17, 15) is 27.7 Å². The highest BCUT2D eigenvalue weighted by atomic mass is 32.2. The van der Waals surface area contributed by atoms with Gasteiger partial charge in [0.25, 0.3) is 0 Å². The summed E-state index contributed by atoms with van der Waals surface area (Å²) < 4.78 is 50.8. The fourth-order valence-electron chi connectivity index (χ4n) is 3.32. The third-order valence-electron chi connectivity index (χ3n) is 4.98. The number of hydrogen-bond acceptors (Lipinski definition) is 9. The van der Waals surface area contributed by atoms with Crippen LogP contribution in [0.5, 0.6) is 5.88 Å². The summed E-state index contributed by atoms with van der Waals surface area (Å²) in [7, 11) is -4.10. The summed E-state index contributed by atoms with van der Waals surface area (Å²) in [5.74, 6) is -3.26. The van der Waals surface area contributed by atoms with Crippen molar-refractivity contribution in [3.8, 4) is 11.9 Å². The Kier molecular flexibility index (Phi) is 7.68. The van der Waals surface area contributed by atoms with Crippen LogP contribution in [0.25, 0.3) is 0 Å². The average molecular weight is 491 g/mol. The lowest BCUT2D eigenvalue weighted by atomic mass is 9.98. The van der Waals surface area contributed by atoms with Crippen LogP contribution in [-0.2, 0) is 25.3 Å². The molecule has 0 bridgehead atoms. The Balaban J connectivity index is 1.71. The van der Waals surface area contributed by atoms with Crippen molar-refractivity contribution in [1.29, 1.82) is 5.26 Å². The van der Waals surface area contributed by atoms with E-state index in [1.807, 2.05) is 10.8 Å². The Bertz CT molecular complexity index is 1240. The summed E-state index contributed by atoms with van der Waals surface area (Å²) >= 11 is 0. The molecule has 1 aromatic carbocycles. The van der Waals surface area contributed by atoms with E-state index in [2.05, 4.69) is 4.98 Å². The third-order valence-corrected chi connectivity index (χ3v) is 6.18. The third kappa shape index (κ3) is 5.60. The van der Waals surface area contributed by atoms with E-state index in [1.54, 1.807) is 18.7 Å². The van der Waals surface area contributed by atoms with E-state index in [0.717, 1.165) is 6.07 Å². The molecule has 0 aliphatic carbocycles. The number of nitriles is 1. The molecule has 1 aliphatic rings. The van der Waals surface area contributed by atoms with E-state index in [1.165, 1.54) is 24.3 Å². The second-order valence-corrected chi connectivity index (χ2v) is 9.12. The molecule has 1 aliphatic heterocycles. The highest BCUT2D eigenvalue weighted by Crippen LogP contribution is 2.31. The Hall–Kier alpha value is -3.72. The summed E-state index contributed by atoms with van der Waals surface area (Å²) in [6.45, 7) is 3.89. The number of ether oxygens (including phenoxy) is 2. The number of benzene rings is 1. The van der Waals surface area contributed by atoms with Gasteiger partial charge in [-0.3, -0.25) is 9.52 Å². The Morgan fingerprint density at radius 1 is 1.26 bits per heavy atom. The summed E-state index contributed by atoms with van der Waals surface area (Å²) in [5, 5.41) is 9.54. The lowest BCUT2D eigenvalue weighted by Crippen LogP contribution is -2.55. The minimum Gasteiger partial charge on any atom is -0.477 e. The molecule has 0 unspecified atom stereocenters. The molecule has 0 spiro atoms. The predicted octanol–water partition coefficient (Wildman–Crippen LogP) is 1.75. The van der Waals surface area contributed by atoms with Gasteiger partial charge in [-0.05, 0) is 26.0 Å². The highest BCUT2D eigenvalue weighted by molar-refractivity contribution is 7.89. The van der Waals surface area contributed by atoms with Crippen molar-refractivity contribution in [2.75, 3.05) is 31.2 Å². The molecule has 0 radical (unpaired) electrons. The van der Waals surface area contributed by atoms with Crippen LogP contribution in [-0.4, -0.2) is 51.6 Å². The Labute approximate surface area is 196 Å². The van der Waals surface area contributed by atoms with E-state index in [-0.39, 0.29) is 54.7 Å². The number of hydrogen-bond donors (Lipinski definition) is 1. The van der Waals surface area contributed by atoms with Crippen molar-refractivity contribution in [1.82, 2.24) is 9.71 Å². The van der Waals surface area contributed by atoms with E-state index < -0.39 is 39.4 Å². The minimum absolute atomic E-state index is 0.00434. The molecular weight excluding hydrogens is 467 g/mol. The quantitative estimate of drug-likeness (QED) is 0.521. The number of pyridine rings is 1. The topological polar surface area (TPSA) is 139 Å². The number of esters is 1. The van der Waals surface area contributed by atoms with Crippen LogP contribution in [0.1, 0.15) is 35.3 Å². The van der Waals surface area contributed by atoms with Gasteiger partial charge in [-0.2, -0.15) is 10.2 Å². The SMILES string of the molecule is CCOC(=O)c1cc(C#N)c(N2CC(C(=O)NS(=O)(=O)Cc3ccccc3F)C2)nc1OCC. The summed E-state index contributed by atoms with van der Waals surface area (Å²) in [5.41, 5.74) is 0.0432. The molecule has 1 saturated heterocycles. The zero-order valence-corrected chi connectivity index (χ0v) is 19.4. The molecule has 2 aromatic rings. The predicted molar refractivity (Wildman–Crippen MR) is 119 cm³/mol. The number of nitrogens with one attached hydrogen (secondary N) is 1. The molecule has 0 atom stereocenters. The number of anilines is 1. The minimum atomic E-state index is -4.10. The van der Waals surface area contributed by atoms with Gasteiger partial charge in [-0.15, -0.1) is 0 Å². The maximum Gasteiger partial charge on any atom is 0.343 e. The number of sulfonamides is 1. The second kappa shape index (κ2) is 10.5. The lowest BCUT2D eigenvalue weighted by Gasteiger charge is -2.39. The Morgan fingerprint density at radius 3 is 2.59 bits per heavy atom. The zero-order valence-electron chi connectivity index (χ0n) is 18.6. The van der Waals surface area contributed by atoms with Gasteiger partial charge >= 0.3 is 5.97 Å². The first-order valence-electron chi connectivity index (χ1n) is 10.5. The number of amides is 1. The molecule has 3 rings (SSSR count). The first-order chi connectivity index (χ1) is 16.2. The summed E-state index contributed by atoms with van der Waals surface area (Å²) in [4.78, 5) is 30.5. The molecule has 180 valence electrons. The van der Waals surface area contributed by atoms with Gasteiger partial charge in [0.05, 0.1) is 30.4 Å². The van der Waals surface area contributed by atoms with Gasteiger partial charge in [0.1, 0.15) is 17.4 Å². The van der Waals surface area contributed by atoms with Crippen LogP contribution < -0.4 is 14.4 Å². The maximum absolute atomic E-state index is 13.8. The molecular formula is C22H23FN4O6S. The first-order valence-corrected chi connectivity index (χ1v) is 12.1. The molecule has 2 heterocycles. The molecule has 0 saturated carbocycles. The molecule has 1 aromatic heterocycles. The second-order valence-electron chi connectivity index (χ2n) is 7.40. The molecule has 1 fully saturated rings. The molecule has 10 nitrogen and oxygen atoms in total.